The molecule has 0 aromatic heterocycles. The Balaban J connectivity index is 2.72. The van der Waals surface area contributed by atoms with Gasteiger partial charge in [-0.2, -0.15) is 0 Å². The number of methoxy groups -OCH3 is 2. The molecule has 234 valence electrons. The average Bonchev–Trinajstić information content (AvgIpc) is 2.89. The fourth-order valence-corrected chi connectivity index (χ4v) is 3.14. The summed E-state index contributed by atoms with van der Waals surface area (Å²) in [5.41, 5.74) is -1.36. The van der Waals surface area contributed by atoms with Crippen LogP contribution in [0, 0.1) is 0 Å². The Morgan fingerprint density at radius 2 is 1.19 bits per heavy atom. The van der Waals surface area contributed by atoms with Gasteiger partial charge in [-0.05, 0) is 40.2 Å². The summed E-state index contributed by atoms with van der Waals surface area (Å²) in [7, 11) is 2.26. The Morgan fingerprint density at radius 3 is 1.67 bits per heavy atom. The van der Waals surface area contributed by atoms with Crippen LogP contribution in [0.2, 0.25) is 0 Å². The molecule has 14 nitrogen and oxygen atoms in total. The van der Waals surface area contributed by atoms with Gasteiger partial charge in [0, 0.05) is 6.42 Å². The quantitative estimate of drug-likeness (QED) is 0.237. The van der Waals surface area contributed by atoms with E-state index >= 15 is 0 Å². The van der Waals surface area contributed by atoms with E-state index in [2.05, 4.69) is 20.1 Å². The Bertz CT molecular complexity index is 1080. The van der Waals surface area contributed by atoms with Crippen molar-refractivity contribution in [3.05, 3.63) is 35.9 Å². The number of alkyl carbamates (subject to hydrolysis) is 2. The standard InChI is InChI=1S/C28H40N2O12/c1-27(2,3)41-25(35)29-19(15-21(31)37-6)23(33)39-14-13-28(4,5)42-26(36)30-20(16-22(32)38-7)24(34)40-17-18-11-9-8-10-12-18/h8-12,19-20H,13-17H2,1-7H3,(H,29,35)(H,30,36)/t19-,20-/m0/s1. The Kier molecular flexibility index (Phi) is 14.3. The lowest BCUT2D eigenvalue weighted by molar-refractivity contribution is -0.153. The smallest absolute Gasteiger partial charge is 0.408 e. The summed E-state index contributed by atoms with van der Waals surface area (Å²) in [6.45, 7) is 7.59. The first-order chi connectivity index (χ1) is 19.5. The Labute approximate surface area is 244 Å². The fraction of sp³-hybridized carbons (Fsp3) is 0.571. The summed E-state index contributed by atoms with van der Waals surface area (Å²) in [6.07, 6.45) is -2.98. The van der Waals surface area contributed by atoms with E-state index in [0.717, 1.165) is 14.2 Å². The molecule has 42 heavy (non-hydrogen) atoms. The summed E-state index contributed by atoms with van der Waals surface area (Å²) < 4.78 is 30.1. The number of hydrogen-bond donors (Lipinski definition) is 2. The van der Waals surface area contributed by atoms with E-state index < -0.39 is 72.2 Å². The minimum atomic E-state index is -1.39. The summed E-state index contributed by atoms with van der Waals surface area (Å²) in [5.74, 6) is -3.34. The summed E-state index contributed by atoms with van der Waals surface area (Å²) in [6, 6.07) is 6.03. The number of rotatable bonds is 14. The number of carbonyl (C=O) groups is 6. The van der Waals surface area contributed by atoms with Crippen LogP contribution < -0.4 is 10.6 Å². The molecule has 0 unspecified atom stereocenters. The number of amides is 2. The normalized spacial score (nSPS) is 12.5. The number of benzene rings is 1. The lowest BCUT2D eigenvalue weighted by Gasteiger charge is -2.27. The Morgan fingerprint density at radius 1 is 0.714 bits per heavy atom. The van der Waals surface area contributed by atoms with Gasteiger partial charge in [-0.1, -0.05) is 30.3 Å². The molecule has 0 aliphatic carbocycles. The van der Waals surface area contributed by atoms with Crippen LogP contribution in [0.1, 0.15) is 59.4 Å². The number of esters is 4. The molecule has 0 bridgehead atoms. The van der Waals surface area contributed by atoms with E-state index in [1.54, 1.807) is 51.1 Å². The van der Waals surface area contributed by atoms with Gasteiger partial charge in [0.2, 0.25) is 0 Å². The highest BCUT2D eigenvalue weighted by Crippen LogP contribution is 2.16. The first-order valence-electron chi connectivity index (χ1n) is 13.0. The van der Waals surface area contributed by atoms with Crippen LogP contribution in [-0.4, -0.2) is 80.2 Å². The molecule has 0 aliphatic rings. The van der Waals surface area contributed by atoms with Gasteiger partial charge in [-0.15, -0.1) is 0 Å². The van der Waals surface area contributed by atoms with Crippen LogP contribution >= 0.6 is 0 Å². The van der Waals surface area contributed by atoms with Gasteiger partial charge in [0.05, 0.1) is 33.7 Å². The van der Waals surface area contributed by atoms with Crippen LogP contribution in [0.15, 0.2) is 30.3 Å². The van der Waals surface area contributed by atoms with Crippen molar-refractivity contribution in [1.29, 1.82) is 0 Å². The van der Waals surface area contributed by atoms with Gasteiger partial charge < -0.3 is 39.1 Å². The van der Waals surface area contributed by atoms with Crippen molar-refractivity contribution >= 4 is 36.1 Å². The van der Waals surface area contributed by atoms with E-state index in [-0.39, 0.29) is 19.6 Å². The van der Waals surface area contributed by atoms with Crippen molar-refractivity contribution in [2.45, 2.75) is 83.8 Å². The third-order valence-corrected chi connectivity index (χ3v) is 5.29. The molecule has 0 heterocycles. The molecule has 0 fully saturated rings. The lowest BCUT2D eigenvalue weighted by atomic mass is 10.1. The van der Waals surface area contributed by atoms with E-state index in [1.807, 2.05) is 0 Å². The van der Waals surface area contributed by atoms with E-state index in [9.17, 15) is 28.8 Å². The zero-order valence-corrected chi connectivity index (χ0v) is 25.0. The van der Waals surface area contributed by atoms with E-state index in [1.165, 1.54) is 13.8 Å². The molecule has 1 aromatic rings. The topological polar surface area (TPSA) is 182 Å². The van der Waals surface area contributed by atoms with Crippen LogP contribution in [0.25, 0.3) is 0 Å². The molecule has 1 aromatic carbocycles. The first-order valence-corrected chi connectivity index (χ1v) is 13.0. The zero-order valence-electron chi connectivity index (χ0n) is 25.0. The van der Waals surface area contributed by atoms with Crippen molar-refractivity contribution in [2.24, 2.45) is 0 Å². The fourth-order valence-electron chi connectivity index (χ4n) is 3.14. The minimum Gasteiger partial charge on any atom is -0.469 e. The maximum Gasteiger partial charge on any atom is 0.408 e. The van der Waals surface area contributed by atoms with E-state index in [0.29, 0.717) is 5.56 Å². The molecule has 0 saturated heterocycles. The summed E-state index contributed by atoms with van der Waals surface area (Å²) >= 11 is 0. The van der Waals surface area contributed by atoms with Crippen molar-refractivity contribution in [3.63, 3.8) is 0 Å². The predicted octanol–water partition coefficient (Wildman–Crippen LogP) is 2.56. The van der Waals surface area contributed by atoms with Crippen LogP contribution in [0.5, 0.6) is 0 Å². The molecular weight excluding hydrogens is 556 g/mol. The van der Waals surface area contributed by atoms with Crippen LogP contribution in [-0.2, 0) is 54.2 Å². The highest BCUT2D eigenvalue weighted by Gasteiger charge is 2.32. The maximum absolute atomic E-state index is 12.6. The third kappa shape index (κ3) is 14.9. The second-order valence-corrected chi connectivity index (χ2v) is 10.6. The highest BCUT2D eigenvalue weighted by atomic mass is 16.6. The second-order valence-electron chi connectivity index (χ2n) is 10.6. The molecule has 0 radical (unpaired) electrons. The number of hydrogen-bond acceptors (Lipinski definition) is 12. The van der Waals surface area contributed by atoms with Crippen molar-refractivity contribution in [3.8, 4) is 0 Å². The molecule has 2 atom stereocenters. The molecule has 0 saturated carbocycles. The SMILES string of the molecule is COC(=O)C[C@H](NC(=O)OC(C)(C)C)C(=O)OCCC(C)(C)OC(=O)N[C@@H](CC(=O)OC)C(=O)OCc1ccccc1. The molecule has 0 aliphatic heterocycles. The molecular formula is C28H40N2O12. The number of ether oxygens (including phenoxy) is 6. The first kappa shape index (κ1) is 35.7. The molecule has 1 rings (SSSR count). The molecule has 0 spiro atoms. The van der Waals surface area contributed by atoms with Gasteiger partial charge in [-0.3, -0.25) is 9.59 Å². The van der Waals surface area contributed by atoms with Crippen LogP contribution in [0.3, 0.4) is 0 Å². The van der Waals surface area contributed by atoms with Crippen molar-refractivity contribution in [2.75, 3.05) is 20.8 Å². The van der Waals surface area contributed by atoms with Gasteiger partial charge in [0.15, 0.2) is 0 Å². The lowest BCUT2D eigenvalue weighted by Crippen LogP contribution is -2.46. The highest BCUT2D eigenvalue weighted by molar-refractivity contribution is 5.87. The monoisotopic (exact) mass is 596 g/mol. The second kappa shape index (κ2) is 16.8. The zero-order chi connectivity index (χ0) is 31.9. The number of carbonyl (C=O) groups excluding carboxylic acids is 6. The average molecular weight is 597 g/mol. The van der Waals surface area contributed by atoms with Gasteiger partial charge in [0.1, 0.15) is 29.9 Å². The minimum absolute atomic E-state index is 0.0103. The summed E-state index contributed by atoms with van der Waals surface area (Å²) in [5, 5.41) is 4.58. The Hall–Kier alpha value is -4.36. The third-order valence-electron chi connectivity index (χ3n) is 5.29. The largest absolute Gasteiger partial charge is 0.469 e. The molecule has 2 amide bonds. The molecule has 14 heteroatoms. The van der Waals surface area contributed by atoms with Gasteiger partial charge >= 0.3 is 36.1 Å². The summed E-state index contributed by atoms with van der Waals surface area (Å²) in [4.78, 5) is 73.5. The van der Waals surface area contributed by atoms with Gasteiger partial charge in [-0.25, -0.2) is 19.2 Å². The van der Waals surface area contributed by atoms with E-state index in [4.69, 9.17) is 18.9 Å². The van der Waals surface area contributed by atoms with Crippen molar-refractivity contribution in [1.82, 2.24) is 10.6 Å². The molecule has 2 N–H and O–H groups in total. The predicted molar refractivity (Wildman–Crippen MR) is 146 cm³/mol. The van der Waals surface area contributed by atoms with Crippen molar-refractivity contribution < 1.29 is 57.2 Å². The van der Waals surface area contributed by atoms with Crippen LogP contribution in [0.4, 0.5) is 9.59 Å². The maximum atomic E-state index is 12.6. The number of nitrogens with one attached hydrogen (secondary N) is 2. The van der Waals surface area contributed by atoms with Gasteiger partial charge in [0.25, 0.3) is 0 Å².